The molecule has 1 aromatic rings. The second kappa shape index (κ2) is 3.48. The van der Waals surface area contributed by atoms with E-state index < -0.39 is 11.6 Å². The molecule has 1 saturated heterocycles. The first-order valence-electron chi connectivity index (χ1n) is 5.88. The molecule has 2 amide bonds. The van der Waals surface area contributed by atoms with Crippen molar-refractivity contribution in [3.63, 3.8) is 0 Å². The highest BCUT2D eigenvalue weighted by molar-refractivity contribution is 5.86. The minimum atomic E-state index is -0.979. The van der Waals surface area contributed by atoms with E-state index in [9.17, 15) is 9.59 Å². The smallest absolute Gasteiger partial charge is 0.318 e. The van der Waals surface area contributed by atoms with Gasteiger partial charge in [0.05, 0.1) is 6.04 Å². The molecule has 0 unspecified atom stereocenters. The van der Waals surface area contributed by atoms with Gasteiger partial charge in [-0.15, -0.1) is 0 Å². The van der Waals surface area contributed by atoms with Crippen molar-refractivity contribution in [2.24, 2.45) is 5.92 Å². The third-order valence-electron chi connectivity index (χ3n) is 3.59. The monoisotopic (exact) mass is 246 g/mol. The number of ketones is 1. The van der Waals surface area contributed by atoms with E-state index in [1.54, 1.807) is 6.92 Å². The first-order valence-corrected chi connectivity index (χ1v) is 5.88. The van der Waals surface area contributed by atoms with Gasteiger partial charge in [-0.2, -0.15) is 0 Å². The molecular formula is C13H14N2O3. The molecule has 5 nitrogen and oxygen atoms in total. The van der Waals surface area contributed by atoms with E-state index >= 15 is 0 Å². The number of rotatable bonds is 1. The summed E-state index contributed by atoms with van der Waals surface area (Å²) in [5, 5.41) is 5.51. The van der Waals surface area contributed by atoms with Crippen LogP contribution in [0.3, 0.4) is 0 Å². The predicted molar refractivity (Wildman–Crippen MR) is 64.1 cm³/mol. The van der Waals surface area contributed by atoms with Crippen molar-refractivity contribution < 1.29 is 14.3 Å². The van der Waals surface area contributed by atoms with Gasteiger partial charge in [-0.1, -0.05) is 18.2 Å². The third-order valence-corrected chi connectivity index (χ3v) is 3.59. The Bertz CT molecular complexity index is 543. The van der Waals surface area contributed by atoms with Crippen molar-refractivity contribution >= 4 is 11.8 Å². The van der Waals surface area contributed by atoms with E-state index in [1.807, 2.05) is 24.3 Å². The molecule has 5 heteroatoms. The maximum atomic E-state index is 11.9. The van der Waals surface area contributed by atoms with Crippen LogP contribution in [0.25, 0.3) is 0 Å². The Hall–Kier alpha value is -2.04. The van der Waals surface area contributed by atoms with Gasteiger partial charge in [0.25, 0.3) is 0 Å². The Labute approximate surface area is 105 Å². The van der Waals surface area contributed by atoms with Crippen LogP contribution in [-0.4, -0.2) is 17.5 Å². The topological polar surface area (TPSA) is 67.4 Å². The van der Waals surface area contributed by atoms with Gasteiger partial charge in [0, 0.05) is 5.56 Å². The van der Waals surface area contributed by atoms with Crippen molar-refractivity contribution in [1.82, 2.24) is 10.6 Å². The zero-order valence-electron chi connectivity index (χ0n) is 10.2. The van der Waals surface area contributed by atoms with Crippen molar-refractivity contribution in [3.05, 3.63) is 29.8 Å². The molecule has 2 aliphatic rings. The number of para-hydroxylation sites is 1. The maximum Gasteiger partial charge on any atom is 0.318 e. The summed E-state index contributed by atoms with van der Waals surface area (Å²) in [6.45, 7) is 3.26. The van der Waals surface area contributed by atoms with Crippen LogP contribution in [0.1, 0.15) is 25.5 Å². The van der Waals surface area contributed by atoms with Crippen LogP contribution in [0.4, 0.5) is 4.79 Å². The van der Waals surface area contributed by atoms with E-state index in [0.29, 0.717) is 5.75 Å². The quantitative estimate of drug-likeness (QED) is 0.786. The van der Waals surface area contributed by atoms with E-state index in [4.69, 9.17) is 4.74 Å². The lowest BCUT2D eigenvalue weighted by molar-refractivity contribution is -0.134. The molecule has 0 radical (unpaired) electrons. The lowest BCUT2D eigenvalue weighted by atomic mass is 9.78. The average molecular weight is 246 g/mol. The average Bonchev–Trinajstić information content (AvgIpc) is 2.26. The highest BCUT2D eigenvalue weighted by atomic mass is 16.5. The summed E-state index contributed by atoms with van der Waals surface area (Å²) in [7, 11) is 0. The lowest BCUT2D eigenvalue weighted by Gasteiger charge is -2.49. The van der Waals surface area contributed by atoms with Gasteiger partial charge in [-0.3, -0.25) is 10.1 Å². The SMILES string of the molecule is CC(=O)[C@@H]1[C@H]2NC(=O)N[C@@]1(C)Oc1ccccc12. The summed E-state index contributed by atoms with van der Waals surface area (Å²) < 4.78 is 5.84. The van der Waals surface area contributed by atoms with Gasteiger partial charge in [0.1, 0.15) is 17.5 Å². The summed E-state index contributed by atoms with van der Waals surface area (Å²) in [4.78, 5) is 23.5. The number of hydrogen-bond donors (Lipinski definition) is 2. The van der Waals surface area contributed by atoms with Gasteiger partial charge in [-0.05, 0) is 19.9 Å². The molecular weight excluding hydrogens is 232 g/mol. The molecule has 0 spiro atoms. The Balaban J connectivity index is 2.17. The van der Waals surface area contributed by atoms with Crippen molar-refractivity contribution in [2.75, 3.05) is 0 Å². The van der Waals surface area contributed by atoms with Gasteiger partial charge in [-0.25, -0.2) is 4.79 Å². The molecule has 0 saturated carbocycles. The van der Waals surface area contributed by atoms with Crippen LogP contribution in [0, 0.1) is 5.92 Å². The predicted octanol–water partition coefficient (Wildman–Crippen LogP) is 1.35. The number of urea groups is 1. The molecule has 94 valence electrons. The number of amides is 2. The van der Waals surface area contributed by atoms with E-state index in [2.05, 4.69) is 10.6 Å². The molecule has 2 bridgehead atoms. The lowest BCUT2D eigenvalue weighted by Crippen LogP contribution is -2.69. The molecule has 18 heavy (non-hydrogen) atoms. The number of carbonyl (C=O) groups is 2. The Morgan fingerprint density at radius 3 is 2.83 bits per heavy atom. The fraction of sp³-hybridized carbons (Fsp3) is 0.385. The number of benzene rings is 1. The highest BCUT2D eigenvalue weighted by Gasteiger charge is 2.54. The molecule has 3 atom stereocenters. The second-order valence-electron chi connectivity index (χ2n) is 4.91. The van der Waals surface area contributed by atoms with E-state index in [-0.39, 0.29) is 17.9 Å². The zero-order chi connectivity index (χ0) is 12.9. The molecule has 1 aromatic carbocycles. The van der Waals surface area contributed by atoms with E-state index in [1.165, 1.54) is 6.92 Å². The Morgan fingerprint density at radius 1 is 1.39 bits per heavy atom. The normalized spacial score (nSPS) is 32.7. The van der Waals surface area contributed by atoms with Gasteiger partial charge in [0.15, 0.2) is 5.72 Å². The Kier molecular flexibility index (Phi) is 2.14. The number of Topliss-reactive ketones (excluding diaryl/α,β-unsaturated/α-hetero) is 1. The molecule has 2 N–H and O–H groups in total. The van der Waals surface area contributed by atoms with Crippen LogP contribution in [-0.2, 0) is 4.79 Å². The number of hydrogen-bond acceptors (Lipinski definition) is 3. The summed E-state index contributed by atoms with van der Waals surface area (Å²) in [6, 6.07) is 6.82. The van der Waals surface area contributed by atoms with Gasteiger partial charge < -0.3 is 10.1 Å². The minimum Gasteiger partial charge on any atom is -0.467 e. The van der Waals surface area contributed by atoms with E-state index in [0.717, 1.165) is 5.56 Å². The van der Waals surface area contributed by atoms with Crippen LogP contribution >= 0.6 is 0 Å². The fourth-order valence-corrected chi connectivity index (χ4v) is 2.91. The van der Waals surface area contributed by atoms with Gasteiger partial charge >= 0.3 is 6.03 Å². The van der Waals surface area contributed by atoms with Crippen molar-refractivity contribution in [1.29, 1.82) is 0 Å². The molecule has 2 heterocycles. The zero-order valence-corrected chi connectivity index (χ0v) is 10.2. The second-order valence-corrected chi connectivity index (χ2v) is 4.91. The standard InChI is InChI=1S/C13H14N2O3/c1-7(16)10-11-8-5-3-4-6-9(8)18-13(10,2)15-12(17)14-11/h3-6,10-11H,1-2H3,(H2,14,15,17)/t10-,11+,13+/m1/s1. The van der Waals surface area contributed by atoms with Crippen molar-refractivity contribution in [2.45, 2.75) is 25.6 Å². The van der Waals surface area contributed by atoms with Crippen LogP contribution in [0.2, 0.25) is 0 Å². The summed E-state index contributed by atoms with van der Waals surface area (Å²) >= 11 is 0. The molecule has 0 aliphatic carbocycles. The van der Waals surface area contributed by atoms with Crippen LogP contribution in [0.5, 0.6) is 5.75 Å². The summed E-state index contributed by atoms with van der Waals surface area (Å²) in [5.74, 6) is 0.268. The fourth-order valence-electron chi connectivity index (χ4n) is 2.91. The largest absolute Gasteiger partial charge is 0.467 e. The number of nitrogens with one attached hydrogen (secondary N) is 2. The van der Waals surface area contributed by atoms with Crippen molar-refractivity contribution in [3.8, 4) is 5.75 Å². The number of carbonyl (C=O) groups excluding carboxylic acids is 2. The summed E-state index contributed by atoms with van der Waals surface area (Å²) in [5.41, 5.74) is -0.127. The maximum absolute atomic E-state index is 11.9. The van der Waals surface area contributed by atoms with Gasteiger partial charge in [0.2, 0.25) is 0 Å². The molecule has 1 fully saturated rings. The first kappa shape index (κ1) is 11.1. The highest BCUT2D eigenvalue weighted by Crippen LogP contribution is 2.44. The third kappa shape index (κ3) is 1.40. The molecule has 0 aromatic heterocycles. The first-order chi connectivity index (χ1) is 8.51. The molecule has 2 aliphatic heterocycles. The summed E-state index contributed by atoms with van der Waals surface area (Å²) in [6.07, 6.45) is 0. The Morgan fingerprint density at radius 2 is 2.11 bits per heavy atom. The molecule has 3 rings (SSSR count). The number of ether oxygens (including phenoxy) is 1. The number of fused-ring (bicyclic) bond motifs is 4. The van der Waals surface area contributed by atoms with Crippen LogP contribution < -0.4 is 15.4 Å². The van der Waals surface area contributed by atoms with Crippen LogP contribution in [0.15, 0.2) is 24.3 Å². The minimum absolute atomic E-state index is 0.00972.